The van der Waals surface area contributed by atoms with Crippen LogP contribution in [0.3, 0.4) is 0 Å². The van der Waals surface area contributed by atoms with Gasteiger partial charge in [0, 0.05) is 31.4 Å². The number of ether oxygens (including phenoxy) is 1. The van der Waals surface area contributed by atoms with E-state index in [1.54, 1.807) is 48.5 Å². The number of anilines is 1. The summed E-state index contributed by atoms with van der Waals surface area (Å²) in [6.45, 7) is 0.355. The van der Waals surface area contributed by atoms with Gasteiger partial charge in [-0.15, -0.1) is 0 Å². The Morgan fingerprint density at radius 2 is 1.10 bits per heavy atom. The van der Waals surface area contributed by atoms with Crippen molar-refractivity contribution in [2.45, 2.75) is 76.1 Å². The normalized spacial score (nSPS) is 19.4. The fourth-order valence-electron chi connectivity index (χ4n) is 7.13. The molecule has 5 N–H and O–H groups in total. The second-order valence-corrected chi connectivity index (χ2v) is 15.2. The number of hydrogen-bond acceptors (Lipinski definition) is 7. The molecule has 4 atom stereocenters. The lowest BCUT2D eigenvalue weighted by Crippen LogP contribution is -2.57. The van der Waals surface area contributed by atoms with Crippen LogP contribution in [0, 0.1) is 5.92 Å². The van der Waals surface area contributed by atoms with Gasteiger partial charge in [-0.25, -0.2) is 0 Å². The molecule has 5 aromatic rings. The molecule has 5 aromatic carbocycles. The SMILES string of the molecule is O=C1CCC(=O)N[C@H](CCc2ccccc2)C(=O)N[C@@H](Cc2ccc(OCc3ccccc3)cc2)C(=O)N[C@H](Cc2ccccc2)C(=O)C[C@@H](C(=O)O)Cc2ccc(cc2)N1. The zero-order chi connectivity index (χ0) is 43.0. The molecule has 12 heteroatoms. The number of benzene rings is 5. The van der Waals surface area contributed by atoms with Gasteiger partial charge in [0.1, 0.15) is 24.4 Å². The summed E-state index contributed by atoms with van der Waals surface area (Å²) in [5.41, 5.74) is 4.43. The van der Waals surface area contributed by atoms with Gasteiger partial charge in [0.2, 0.25) is 23.6 Å². The van der Waals surface area contributed by atoms with Crippen molar-refractivity contribution in [3.63, 3.8) is 0 Å². The Morgan fingerprint density at radius 3 is 1.74 bits per heavy atom. The van der Waals surface area contributed by atoms with E-state index in [4.69, 9.17) is 4.74 Å². The molecule has 4 amide bonds. The second-order valence-electron chi connectivity index (χ2n) is 15.2. The van der Waals surface area contributed by atoms with Crippen molar-refractivity contribution in [2.75, 3.05) is 5.32 Å². The average Bonchev–Trinajstić information content (AvgIpc) is 3.27. The first kappa shape index (κ1) is 43.5. The van der Waals surface area contributed by atoms with Crippen LogP contribution >= 0.6 is 0 Å². The van der Waals surface area contributed by atoms with Crippen molar-refractivity contribution >= 4 is 41.1 Å². The summed E-state index contributed by atoms with van der Waals surface area (Å²) in [7, 11) is 0. The second kappa shape index (κ2) is 21.8. The number of carbonyl (C=O) groups is 6. The van der Waals surface area contributed by atoms with Gasteiger partial charge >= 0.3 is 5.97 Å². The van der Waals surface area contributed by atoms with E-state index >= 15 is 0 Å². The van der Waals surface area contributed by atoms with Crippen LogP contribution in [0.4, 0.5) is 5.69 Å². The molecule has 2 aliphatic heterocycles. The minimum atomic E-state index is -1.22. The number of aryl methyl sites for hydroxylation is 1. The predicted octanol–water partition coefficient (Wildman–Crippen LogP) is 5.77. The molecule has 7 rings (SSSR count). The molecule has 0 fully saturated rings. The number of amides is 4. The number of fused-ring (bicyclic) bond motifs is 18. The number of ketones is 1. The lowest BCUT2D eigenvalue weighted by molar-refractivity contribution is -0.144. The molecule has 0 saturated heterocycles. The Kier molecular flexibility index (Phi) is 15.5. The van der Waals surface area contributed by atoms with Gasteiger partial charge in [-0.3, -0.25) is 28.8 Å². The van der Waals surface area contributed by atoms with Crippen molar-refractivity contribution in [2.24, 2.45) is 5.92 Å². The molecular formula is C49H50N4O8. The van der Waals surface area contributed by atoms with Gasteiger partial charge in [0.15, 0.2) is 5.78 Å². The molecule has 0 aliphatic carbocycles. The molecule has 2 heterocycles. The van der Waals surface area contributed by atoms with Crippen LogP contribution in [0.15, 0.2) is 140 Å². The highest BCUT2D eigenvalue weighted by Gasteiger charge is 2.32. The molecule has 0 spiro atoms. The summed E-state index contributed by atoms with van der Waals surface area (Å²) >= 11 is 0. The van der Waals surface area contributed by atoms with Crippen molar-refractivity contribution < 1.29 is 38.6 Å². The average molecular weight is 823 g/mol. The lowest BCUT2D eigenvalue weighted by atomic mass is 9.90. The zero-order valence-corrected chi connectivity index (χ0v) is 33.8. The van der Waals surface area contributed by atoms with Gasteiger partial charge < -0.3 is 31.1 Å². The molecule has 0 aromatic heterocycles. The minimum absolute atomic E-state index is 0.00980. The number of Topliss-reactive ketones (excluding diaryl/α,β-unsaturated/α-hetero) is 1. The van der Waals surface area contributed by atoms with E-state index in [9.17, 15) is 33.9 Å². The van der Waals surface area contributed by atoms with Crippen LogP contribution in [0.1, 0.15) is 53.5 Å². The Balaban J connectivity index is 1.31. The summed E-state index contributed by atoms with van der Waals surface area (Å²) in [4.78, 5) is 81.6. The number of rotatable bonds is 11. The number of nitrogens with one attached hydrogen (secondary N) is 4. The van der Waals surface area contributed by atoms with Crippen LogP contribution < -0.4 is 26.0 Å². The Hall–Kier alpha value is -7.08. The quantitative estimate of drug-likeness (QED) is 0.104. The van der Waals surface area contributed by atoms with Gasteiger partial charge in [-0.1, -0.05) is 115 Å². The highest BCUT2D eigenvalue weighted by atomic mass is 16.5. The maximum Gasteiger partial charge on any atom is 0.307 e. The first-order valence-corrected chi connectivity index (χ1v) is 20.5. The third kappa shape index (κ3) is 13.7. The molecule has 12 nitrogen and oxygen atoms in total. The van der Waals surface area contributed by atoms with E-state index in [0.717, 1.165) is 16.7 Å². The highest BCUT2D eigenvalue weighted by Crippen LogP contribution is 2.20. The number of carbonyl (C=O) groups excluding carboxylic acids is 5. The third-order valence-electron chi connectivity index (χ3n) is 10.5. The molecule has 2 aliphatic rings. The maximum absolute atomic E-state index is 14.5. The number of carboxylic acids is 1. The van der Waals surface area contributed by atoms with Crippen LogP contribution in [-0.2, 0) is 61.1 Å². The summed E-state index contributed by atoms with van der Waals surface area (Å²) in [5, 5.41) is 21.5. The van der Waals surface area contributed by atoms with Gasteiger partial charge in [0.25, 0.3) is 0 Å². The van der Waals surface area contributed by atoms with E-state index in [0.29, 0.717) is 35.6 Å². The van der Waals surface area contributed by atoms with E-state index < -0.39 is 59.4 Å². The molecule has 61 heavy (non-hydrogen) atoms. The first-order valence-electron chi connectivity index (χ1n) is 20.5. The van der Waals surface area contributed by atoms with Crippen molar-refractivity contribution in [3.05, 3.63) is 167 Å². The Labute approximate surface area is 355 Å². The van der Waals surface area contributed by atoms with Crippen LogP contribution in [-0.4, -0.2) is 58.6 Å². The molecule has 0 saturated carbocycles. The maximum atomic E-state index is 14.5. The molecule has 314 valence electrons. The Morgan fingerprint density at radius 1 is 0.557 bits per heavy atom. The molecular weight excluding hydrogens is 773 g/mol. The molecule has 0 unspecified atom stereocenters. The fourth-order valence-corrected chi connectivity index (χ4v) is 7.13. The Bertz CT molecular complexity index is 2250. The minimum Gasteiger partial charge on any atom is -0.489 e. The summed E-state index contributed by atoms with van der Waals surface area (Å²) in [5.74, 6) is -4.41. The molecule has 2 bridgehead atoms. The summed E-state index contributed by atoms with van der Waals surface area (Å²) < 4.78 is 5.96. The largest absolute Gasteiger partial charge is 0.489 e. The van der Waals surface area contributed by atoms with E-state index in [-0.39, 0.29) is 44.9 Å². The van der Waals surface area contributed by atoms with E-state index in [1.165, 1.54) is 0 Å². The highest BCUT2D eigenvalue weighted by molar-refractivity contribution is 5.97. The van der Waals surface area contributed by atoms with Gasteiger partial charge in [-0.2, -0.15) is 0 Å². The van der Waals surface area contributed by atoms with E-state index in [2.05, 4.69) is 21.3 Å². The van der Waals surface area contributed by atoms with Crippen molar-refractivity contribution in [1.29, 1.82) is 0 Å². The van der Waals surface area contributed by atoms with Gasteiger partial charge in [0.05, 0.1) is 12.0 Å². The topological polar surface area (TPSA) is 180 Å². The third-order valence-corrected chi connectivity index (χ3v) is 10.5. The predicted molar refractivity (Wildman–Crippen MR) is 230 cm³/mol. The summed E-state index contributed by atoms with van der Waals surface area (Å²) in [6, 6.07) is 38.5. The number of carboxylic acid groups (broad SMARTS) is 1. The monoisotopic (exact) mass is 822 g/mol. The zero-order valence-electron chi connectivity index (χ0n) is 33.8. The summed E-state index contributed by atoms with van der Waals surface area (Å²) in [6.07, 6.45) is -0.0148. The van der Waals surface area contributed by atoms with Crippen LogP contribution in [0.25, 0.3) is 0 Å². The van der Waals surface area contributed by atoms with Crippen molar-refractivity contribution in [3.8, 4) is 5.75 Å². The number of hydrogen-bond donors (Lipinski definition) is 5. The number of aliphatic carboxylic acids is 1. The van der Waals surface area contributed by atoms with E-state index in [1.807, 2.05) is 91.0 Å². The molecule has 0 radical (unpaired) electrons. The van der Waals surface area contributed by atoms with Crippen molar-refractivity contribution in [1.82, 2.24) is 16.0 Å². The first-order chi connectivity index (χ1) is 29.6. The van der Waals surface area contributed by atoms with Crippen LogP contribution in [0.2, 0.25) is 0 Å². The standard InChI is InChI=1S/C49H50N4O8/c54-44-31-38(49(59)60)28-35-16-21-39(22-17-35)50-45(55)26-27-46(56)51-41(25-20-33-10-4-1-5-11-33)47(57)53-43(48(58)52-42(44)29-34-12-6-2-7-13-34)30-36-18-23-40(24-19-36)61-32-37-14-8-3-9-15-37/h1-19,21-24,38,41-43H,20,25-32H2,(H,50,55)(H,51,56)(H,52,58)(H,53,57)(H,59,60)/t38-,41+,42+,43-/m0/s1. The van der Waals surface area contributed by atoms with Crippen LogP contribution in [0.5, 0.6) is 5.75 Å². The smallest absolute Gasteiger partial charge is 0.307 e. The lowest BCUT2D eigenvalue weighted by Gasteiger charge is -2.26. The van der Waals surface area contributed by atoms with Gasteiger partial charge in [-0.05, 0) is 77.8 Å². The fraction of sp³-hybridized carbons (Fsp3) is 0.265.